The van der Waals surface area contributed by atoms with Crippen LogP contribution in [0.1, 0.15) is 5.69 Å². The Hall–Kier alpha value is -2.77. The summed E-state index contributed by atoms with van der Waals surface area (Å²) in [5.41, 5.74) is 12.5. The maximum atomic E-state index is 9.29. The molecular weight excluding hydrogens is 324 g/mol. The van der Waals surface area contributed by atoms with Crippen molar-refractivity contribution in [3.05, 3.63) is 60.3 Å². The summed E-state index contributed by atoms with van der Waals surface area (Å²) in [5, 5.41) is 10.4. The Morgan fingerprint density at radius 1 is 1.12 bits per heavy atom. The zero-order valence-corrected chi connectivity index (χ0v) is 13.7. The van der Waals surface area contributed by atoms with Crippen LogP contribution in [-0.4, -0.2) is 16.5 Å². The summed E-state index contributed by atoms with van der Waals surface area (Å²) < 4.78 is 3.31. The monoisotopic (exact) mass is 342 g/mol. The van der Waals surface area contributed by atoms with Gasteiger partial charge in [0, 0.05) is 16.8 Å². The first kappa shape index (κ1) is 17.6. The number of fused-ring (bicyclic) bond motifs is 1. The second kappa shape index (κ2) is 8.76. The minimum atomic E-state index is 0.250. The van der Waals surface area contributed by atoms with E-state index in [1.54, 1.807) is 12.1 Å². The van der Waals surface area contributed by atoms with E-state index < -0.39 is 0 Å². The van der Waals surface area contributed by atoms with Crippen LogP contribution < -0.4 is 16.2 Å². The van der Waals surface area contributed by atoms with Crippen molar-refractivity contribution in [1.82, 2.24) is 4.98 Å². The Balaban J connectivity index is 0.000000647. The SMILES string of the molecule is NC=O.NCc1ccc2cccc(NSc3ccc(O)cc3)c2n1. The molecule has 0 atom stereocenters. The van der Waals surface area contributed by atoms with Gasteiger partial charge >= 0.3 is 0 Å². The number of phenols is 1. The summed E-state index contributed by atoms with van der Waals surface area (Å²) in [6, 6.07) is 17.0. The third-order valence-corrected chi connectivity index (χ3v) is 3.93. The highest BCUT2D eigenvalue weighted by Crippen LogP contribution is 2.27. The summed E-state index contributed by atoms with van der Waals surface area (Å²) in [7, 11) is 0. The number of pyridine rings is 1. The van der Waals surface area contributed by atoms with Gasteiger partial charge in [-0.25, -0.2) is 4.98 Å². The van der Waals surface area contributed by atoms with Crippen LogP contribution in [0.25, 0.3) is 10.9 Å². The number of nitrogens with one attached hydrogen (secondary N) is 1. The molecule has 0 aliphatic rings. The number of carbonyl (C=O) groups excluding carboxylic acids is 1. The number of nitrogens with zero attached hydrogens (tertiary/aromatic N) is 1. The van der Waals surface area contributed by atoms with Gasteiger partial charge in [-0.05, 0) is 48.3 Å². The molecule has 0 saturated heterocycles. The molecule has 24 heavy (non-hydrogen) atoms. The van der Waals surface area contributed by atoms with E-state index in [9.17, 15) is 5.11 Å². The molecule has 2 aromatic carbocycles. The Morgan fingerprint density at radius 2 is 1.83 bits per heavy atom. The topological polar surface area (TPSA) is 114 Å². The van der Waals surface area contributed by atoms with Crippen molar-refractivity contribution in [2.45, 2.75) is 11.4 Å². The van der Waals surface area contributed by atoms with Gasteiger partial charge in [0.15, 0.2) is 0 Å². The van der Waals surface area contributed by atoms with Crippen LogP contribution in [0.5, 0.6) is 5.75 Å². The number of carbonyl (C=O) groups is 1. The lowest BCUT2D eigenvalue weighted by Crippen LogP contribution is -2.00. The molecule has 0 fully saturated rings. The normalized spacial score (nSPS) is 9.88. The molecule has 7 heteroatoms. The van der Waals surface area contributed by atoms with Crippen molar-refractivity contribution < 1.29 is 9.90 Å². The molecule has 0 spiro atoms. The first-order chi connectivity index (χ1) is 11.7. The van der Waals surface area contributed by atoms with E-state index in [2.05, 4.69) is 15.4 Å². The molecular formula is C17H18N4O2S. The molecule has 1 amide bonds. The lowest BCUT2D eigenvalue weighted by atomic mass is 10.2. The number of nitrogens with two attached hydrogens (primary N) is 2. The molecule has 3 aromatic rings. The summed E-state index contributed by atoms with van der Waals surface area (Å²) in [6.45, 7) is 0.426. The van der Waals surface area contributed by atoms with E-state index in [1.165, 1.54) is 11.9 Å². The van der Waals surface area contributed by atoms with E-state index in [4.69, 9.17) is 10.5 Å². The number of aromatic hydroxyl groups is 1. The zero-order chi connectivity index (χ0) is 17.4. The number of benzene rings is 2. The lowest BCUT2D eigenvalue weighted by molar-refractivity contribution is -0.106. The number of hydrogen-bond acceptors (Lipinski definition) is 6. The van der Waals surface area contributed by atoms with E-state index in [0.717, 1.165) is 27.2 Å². The van der Waals surface area contributed by atoms with Crippen LogP contribution >= 0.6 is 11.9 Å². The number of hydrogen-bond donors (Lipinski definition) is 4. The van der Waals surface area contributed by atoms with Gasteiger partial charge in [0.2, 0.25) is 6.41 Å². The first-order valence-electron chi connectivity index (χ1n) is 7.14. The first-order valence-corrected chi connectivity index (χ1v) is 7.95. The lowest BCUT2D eigenvalue weighted by Gasteiger charge is -2.09. The fourth-order valence-corrected chi connectivity index (χ4v) is 2.68. The molecule has 0 bridgehead atoms. The van der Waals surface area contributed by atoms with Gasteiger partial charge in [0.25, 0.3) is 0 Å². The molecule has 0 unspecified atom stereocenters. The Kier molecular flexibility index (Phi) is 6.41. The van der Waals surface area contributed by atoms with E-state index >= 15 is 0 Å². The predicted molar refractivity (Wildman–Crippen MR) is 97.5 cm³/mol. The highest BCUT2D eigenvalue weighted by Gasteiger charge is 2.04. The third-order valence-electron chi connectivity index (χ3n) is 3.10. The maximum absolute atomic E-state index is 9.29. The molecule has 1 aromatic heterocycles. The summed E-state index contributed by atoms with van der Waals surface area (Å²) in [4.78, 5) is 14.2. The van der Waals surface area contributed by atoms with Crippen molar-refractivity contribution in [2.24, 2.45) is 11.5 Å². The fourth-order valence-electron chi connectivity index (χ4n) is 2.01. The van der Waals surface area contributed by atoms with Gasteiger partial charge in [-0.15, -0.1) is 0 Å². The highest BCUT2D eigenvalue weighted by molar-refractivity contribution is 8.00. The van der Waals surface area contributed by atoms with Crippen molar-refractivity contribution in [2.75, 3.05) is 4.72 Å². The highest BCUT2D eigenvalue weighted by atomic mass is 32.2. The number of amides is 1. The second-order valence-corrected chi connectivity index (χ2v) is 5.60. The van der Waals surface area contributed by atoms with Crippen molar-refractivity contribution in [1.29, 1.82) is 0 Å². The number of rotatable bonds is 4. The summed E-state index contributed by atoms with van der Waals surface area (Å²) in [5.74, 6) is 0.263. The minimum Gasteiger partial charge on any atom is -0.508 e. The number of para-hydroxylation sites is 1. The molecule has 124 valence electrons. The second-order valence-electron chi connectivity index (χ2n) is 4.72. The molecule has 0 aliphatic carbocycles. The standard InChI is InChI=1S/C16H15N3OS.CH3NO/c17-10-12-5-4-11-2-1-3-15(16(11)18-12)19-21-14-8-6-13(20)7-9-14;2-1-3/h1-9,19-20H,10,17H2;1H,(H2,2,3). The molecule has 6 N–H and O–H groups in total. The van der Waals surface area contributed by atoms with Crippen LogP contribution in [0.15, 0.2) is 59.5 Å². The van der Waals surface area contributed by atoms with Gasteiger partial charge in [-0.1, -0.05) is 18.2 Å². The Labute approximate surface area is 144 Å². The number of primary amides is 1. The van der Waals surface area contributed by atoms with Crippen molar-refractivity contribution in [3.63, 3.8) is 0 Å². The maximum Gasteiger partial charge on any atom is 0.204 e. The van der Waals surface area contributed by atoms with Crippen LogP contribution in [0.2, 0.25) is 0 Å². The van der Waals surface area contributed by atoms with E-state index in [1.807, 2.05) is 42.5 Å². The average Bonchev–Trinajstić information content (AvgIpc) is 2.61. The molecule has 0 aliphatic heterocycles. The minimum absolute atomic E-state index is 0.250. The third kappa shape index (κ3) is 4.61. The summed E-state index contributed by atoms with van der Waals surface area (Å²) >= 11 is 1.48. The largest absolute Gasteiger partial charge is 0.508 e. The van der Waals surface area contributed by atoms with Crippen LogP contribution in [0.4, 0.5) is 5.69 Å². The van der Waals surface area contributed by atoms with Gasteiger partial charge in [-0.3, -0.25) is 4.79 Å². The Morgan fingerprint density at radius 3 is 2.50 bits per heavy atom. The molecule has 6 nitrogen and oxygen atoms in total. The molecule has 0 saturated carbocycles. The molecule has 3 rings (SSSR count). The predicted octanol–water partition coefficient (Wildman–Crippen LogP) is 2.62. The fraction of sp³-hybridized carbons (Fsp3) is 0.0588. The quantitative estimate of drug-likeness (QED) is 0.428. The van der Waals surface area contributed by atoms with Gasteiger partial charge in [0.05, 0.1) is 16.9 Å². The average molecular weight is 342 g/mol. The zero-order valence-electron chi connectivity index (χ0n) is 12.8. The number of anilines is 1. The molecule has 0 radical (unpaired) electrons. The van der Waals surface area contributed by atoms with Crippen LogP contribution in [0.3, 0.4) is 0 Å². The van der Waals surface area contributed by atoms with Crippen molar-refractivity contribution >= 4 is 34.9 Å². The van der Waals surface area contributed by atoms with Gasteiger partial charge in [0.1, 0.15) is 5.75 Å². The van der Waals surface area contributed by atoms with Gasteiger partial charge < -0.3 is 21.3 Å². The van der Waals surface area contributed by atoms with Crippen LogP contribution in [-0.2, 0) is 11.3 Å². The number of aromatic nitrogens is 1. The van der Waals surface area contributed by atoms with E-state index in [0.29, 0.717) is 6.54 Å². The summed E-state index contributed by atoms with van der Waals surface area (Å²) in [6.07, 6.45) is 0.250. The van der Waals surface area contributed by atoms with Crippen LogP contribution in [0, 0.1) is 0 Å². The Bertz CT molecular complexity index is 809. The van der Waals surface area contributed by atoms with Crippen molar-refractivity contribution in [3.8, 4) is 5.75 Å². The smallest absolute Gasteiger partial charge is 0.204 e. The number of phenolic OH excluding ortho intramolecular Hbond substituents is 1. The molecule has 1 heterocycles. The van der Waals surface area contributed by atoms with E-state index in [-0.39, 0.29) is 12.2 Å². The van der Waals surface area contributed by atoms with Gasteiger partial charge in [-0.2, -0.15) is 0 Å².